The number of rotatable bonds is 9. The molecule has 0 aliphatic rings. The number of nitrogens with zero attached hydrogens (tertiary/aromatic N) is 4. The number of unbranched alkanes of at least 4 members (excludes halogenated alkanes) is 1. The number of hydrogen-bond acceptors (Lipinski definition) is 5. The van der Waals surface area contributed by atoms with Gasteiger partial charge in [-0.3, -0.25) is 19.1 Å². The predicted molar refractivity (Wildman–Crippen MR) is 112 cm³/mol. The maximum atomic E-state index is 12.3. The standard InChI is InChI=1S/C21H24N6O3/c1-22-21(30)18-15-27(25-24-18)11-6-5-10-26-12-9-17(14-20(26)29)23-19(28)13-16-7-3-2-4-8-16/h2-4,7-9,12,14-15H,5-6,10-11,13H2,1H3,(H,22,30)(H,23,28). The molecule has 0 spiro atoms. The highest BCUT2D eigenvalue weighted by molar-refractivity contribution is 5.92. The fourth-order valence-electron chi connectivity index (χ4n) is 2.95. The molecule has 3 aromatic rings. The van der Waals surface area contributed by atoms with Gasteiger partial charge in [-0.2, -0.15) is 0 Å². The number of hydrogen-bond donors (Lipinski definition) is 2. The molecular formula is C21H24N6O3. The largest absolute Gasteiger partial charge is 0.354 e. The van der Waals surface area contributed by atoms with E-state index < -0.39 is 0 Å². The monoisotopic (exact) mass is 408 g/mol. The van der Waals surface area contributed by atoms with Crippen LogP contribution in [0.15, 0.2) is 59.7 Å². The number of benzene rings is 1. The summed E-state index contributed by atoms with van der Waals surface area (Å²) in [6.07, 6.45) is 5.07. The molecule has 0 saturated heterocycles. The Morgan fingerprint density at radius 1 is 1.07 bits per heavy atom. The molecule has 0 saturated carbocycles. The Balaban J connectivity index is 1.46. The average molecular weight is 408 g/mol. The van der Waals surface area contributed by atoms with Crippen LogP contribution in [-0.4, -0.2) is 38.4 Å². The van der Waals surface area contributed by atoms with Crippen LogP contribution in [0.2, 0.25) is 0 Å². The van der Waals surface area contributed by atoms with Gasteiger partial charge in [0.2, 0.25) is 5.91 Å². The molecular weight excluding hydrogens is 384 g/mol. The van der Waals surface area contributed by atoms with Crippen LogP contribution in [0.3, 0.4) is 0 Å². The second-order valence-electron chi connectivity index (χ2n) is 6.81. The minimum Gasteiger partial charge on any atom is -0.354 e. The van der Waals surface area contributed by atoms with Crippen molar-refractivity contribution in [1.82, 2.24) is 24.9 Å². The van der Waals surface area contributed by atoms with Gasteiger partial charge in [0, 0.05) is 38.1 Å². The summed E-state index contributed by atoms with van der Waals surface area (Å²) >= 11 is 0. The third kappa shape index (κ3) is 5.87. The number of carbonyl (C=O) groups excluding carboxylic acids is 2. The van der Waals surface area contributed by atoms with Gasteiger partial charge >= 0.3 is 0 Å². The van der Waals surface area contributed by atoms with Crippen LogP contribution in [0, 0.1) is 0 Å². The molecule has 0 fully saturated rings. The molecule has 0 atom stereocenters. The van der Waals surface area contributed by atoms with Gasteiger partial charge in [0.1, 0.15) is 0 Å². The third-order valence-corrected chi connectivity index (χ3v) is 4.52. The molecule has 2 aromatic heterocycles. The van der Waals surface area contributed by atoms with Gasteiger partial charge < -0.3 is 15.2 Å². The van der Waals surface area contributed by atoms with Crippen molar-refractivity contribution in [3.8, 4) is 0 Å². The molecule has 3 rings (SSSR count). The van der Waals surface area contributed by atoms with Crippen molar-refractivity contribution in [3.63, 3.8) is 0 Å². The fourth-order valence-corrected chi connectivity index (χ4v) is 2.95. The van der Waals surface area contributed by atoms with E-state index in [0.717, 1.165) is 18.4 Å². The van der Waals surface area contributed by atoms with Crippen molar-refractivity contribution >= 4 is 17.5 Å². The number of nitrogens with one attached hydrogen (secondary N) is 2. The first-order valence-electron chi connectivity index (χ1n) is 9.71. The van der Waals surface area contributed by atoms with Crippen LogP contribution in [-0.2, 0) is 24.3 Å². The van der Waals surface area contributed by atoms with E-state index >= 15 is 0 Å². The summed E-state index contributed by atoms with van der Waals surface area (Å²) < 4.78 is 3.21. The molecule has 9 nitrogen and oxygen atoms in total. The number of carbonyl (C=O) groups is 2. The van der Waals surface area contributed by atoms with Crippen LogP contribution in [0.1, 0.15) is 28.9 Å². The Hall–Kier alpha value is -3.75. The Kier molecular flexibility index (Phi) is 7.09. The zero-order valence-corrected chi connectivity index (χ0v) is 16.7. The maximum absolute atomic E-state index is 12.3. The summed E-state index contributed by atoms with van der Waals surface area (Å²) in [5, 5.41) is 13.0. The Bertz CT molecular complexity index is 1060. The molecule has 30 heavy (non-hydrogen) atoms. The first-order valence-corrected chi connectivity index (χ1v) is 9.71. The van der Waals surface area contributed by atoms with E-state index in [1.165, 1.54) is 6.07 Å². The van der Waals surface area contributed by atoms with Gasteiger partial charge in [-0.25, -0.2) is 0 Å². The number of pyridine rings is 1. The highest BCUT2D eigenvalue weighted by Gasteiger charge is 2.08. The highest BCUT2D eigenvalue weighted by atomic mass is 16.2. The Morgan fingerprint density at radius 3 is 2.57 bits per heavy atom. The summed E-state index contributed by atoms with van der Waals surface area (Å²) in [5.41, 5.74) is 1.51. The lowest BCUT2D eigenvalue weighted by molar-refractivity contribution is -0.115. The summed E-state index contributed by atoms with van der Waals surface area (Å²) in [6, 6.07) is 12.6. The predicted octanol–water partition coefficient (Wildman–Crippen LogP) is 1.46. The number of anilines is 1. The Labute approximate surface area is 173 Å². The summed E-state index contributed by atoms with van der Waals surface area (Å²) in [5.74, 6) is -0.439. The number of aryl methyl sites for hydroxylation is 2. The van der Waals surface area contributed by atoms with Gasteiger partial charge in [-0.1, -0.05) is 35.5 Å². The van der Waals surface area contributed by atoms with Crippen LogP contribution >= 0.6 is 0 Å². The zero-order valence-electron chi connectivity index (χ0n) is 16.7. The minimum absolute atomic E-state index is 0.165. The van der Waals surface area contributed by atoms with Crippen molar-refractivity contribution in [2.75, 3.05) is 12.4 Å². The van der Waals surface area contributed by atoms with E-state index in [0.29, 0.717) is 18.8 Å². The van der Waals surface area contributed by atoms with E-state index in [1.807, 2.05) is 30.3 Å². The fraction of sp³-hybridized carbons (Fsp3) is 0.286. The lowest BCUT2D eigenvalue weighted by Crippen LogP contribution is -2.21. The van der Waals surface area contributed by atoms with Gasteiger partial charge in [0.05, 0.1) is 12.6 Å². The molecule has 9 heteroatoms. The molecule has 2 N–H and O–H groups in total. The van der Waals surface area contributed by atoms with Crippen molar-refractivity contribution in [2.24, 2.45) is 0 Å². The minimum atomic E-state index is -0.274. The lowest BCUT2D eigenvalue weighted by Gasteiger charge is -2.09. The number of amides is 2. The second-order valence-corrected chi connectivity index (χ2v) is 6.81. The topological polar surface area (TPSA) is 111 Å². The second kappa shape index (κ2) is 10.1. The highest BCUT2D eigenvalue weighted by Crippen LogP contribution is 2.06. The molecule has 0 aliphatic heterocycles. The molecule has 156 valence electrons. The molecule has 0 radical (unpaired) electrons. The van der Waals surface area contributed by atoms with Gasteiger partial charge in [-0.15, -0.1) is 5.10 Å². The van der Waals surface area contributed by atoms with Crippen molar-refractivity contribution in [3.05, 3.63) is 76.5 Å². The van der Waals surface area contributed by atoms with E-state index in [9.17, 15) is 14.4 Å². The smallest absolute Gasteiger partial charge is 0.273 e. The van der Waals surface area contributed by atoms with Crippen molar-refractivity contribution in [2.45, 2.75) is 32.4 Å². The van der Waals surface area contributed by atoms with Crippen LogP contribution in [0.4, 0.5) is 5.69 Å². The molecule has 2 heterocycles. The third-order valence-electron chi connectivity index (χ3n) is 4.52. The van der Waals surface area contributed by atoms with Crippen LogP contribution in [0.5, 0.6) is 0 Å². The maximum Gasteiger partial charge on any atom is 0.273 e. The zero-order chi connectivity index (χ0) is 21.3. The average Bonchev–Trinajstić information content (AvgIpc) is 3.21. The van der Waals surface area contributed by atoms with Gasteiger partial charge in [0.15, 0.2) is 5.69 Å². The SMILES string of the molecule is CNC(=O)c1cn(CCCCn2ccc(NC(=O)Cc3ccccc3)cc2=O)nn1. The summed E-state index contributed by atoms with van der Waals surface area (Å²) in [6.45, 7) is 1.15. The molecule has 2 amide bonds. The normalized spacial score (nSPS) is 10.6. The lowest BCUT2D eigenvalue weighted by atomic mass is 10.1. The Morgan fingerprint density at radius 2 is 1.83 bits per heavy atom. The molecule has 0 bridgehead atoms. The number of aromatic nitrogens is 4. The quantitative estimate of drug-likeness (QED) is 0.521. The molecule has 0 aliphatic carbocycles. The molecule has 1 aromatic carbocycles. The molecule has 0 unspecified atom stereocenters. The van der Waals surface area contributed by atoms with Crippen molar-refractivity contribution < 1.29 is 9.59 Å². The van der Waals surface area contributed by atoms with Crippen LogP contribution < -0.4 is 16.2 Å². The van der Waals surface area contributed by atoms with Gasteiger partial charge in [0.25, 0.3) is 11.5 Å². The van der Waals surface area contributed by atoms with E-state index in [2.05, 4.69) is 20.9 Å². The summed E-state index contributed by atoms with van der Waals surface area (Å²) in [4.78, 5) is 35.9. The first kappa shape index (κ1) is 21.0. The van der Waals surface area contributed by atoms with E-state index in [-0.39, 0.29) is 29.5 Å². The first-order chi connectivity index (χ1) is 14.5. The van der Waals surface area contributed by atoms with Crippen LogP contribution in [0.25, 0.3) is 0 Å². The van der Waals surface area contributed by atoms with E-state index in [4.69, 9.17) is 0 Å². The van der Waals surface area contributed by atoms with E-state index in [1.54, 1.807) is 34.8 Å². The van der Waals surface area contributed by atoms with Crippen molar-refractivity contribution in [1.29, 1.82) is 0 Å². The van der Waals surface area contributed by atoms with Gasteiger partial charge in [-0.05, 0) is 24.5 Å². The summed E-state index contributed by atoms with van der Waals surface area (Å²) in [7, 11) is 1.54.